The van der Waals surface area contributed by atoms with Crippen molar-refractivity contribution in [2.24, 2.45) is 0 Å². The molecule has 5 rings (SSSR count). The van der Waals surface area contributed by atoms with Crippen LogP contribution in [0.2, 0.25) is 0 Å². The molecule has 3 heterocycles. The largest absolute Gasteiger partial charge is 0.394 e. The quantitative estimate of drug-likeness (QED) is 0.361. The Hall–Kier alpha value is -3.13. The molecule has 3 N–H and O–H groups in total. The number of ether oxygens (including phenoxy) is 1. The molecule has 1 saturated heterocycles. The number of sulfone groups is 1. The number of anilines is 2. The molecular weight excluding hydrogens is 552 g/mol. The van der Waals surface area contributed by atoms with Crippen molar-refractivity contribution in [2.45, 2.75) is 61.2 Å². The molecule has 11 nitrogen and oxygen atoms in total. The number of amides is 2. The van der Waals surface area contributed by atoms with Gasteiger partial charge in [0.25, 0.3) is 0 Å². The number of benzene rings is 1. The van der Waals surface area contributed by atoms with Crippen LogP contribution in [0.1, 0.15) is 44.5 Å². The van der Waals surface area contributed by atoms with Crippen molar-refractivity contribution in [2.75, 3.05) is 36.6 Å². The molecule has 2 aromatic heterocycles. The van der Waals surface area contributed by atoms with Gasteiger partial charge in [0.1, 0.15) is 10.6 Å². The van der Waals surface area contributed by atoms with Crippen LogP contribution in [0.15, 0.2) is 40.1 Å². The highest BCUT2D eigenvalue weighted by Gasteiger charge is 2.54. The number of urea groups is 1. The summed E-state index contributed by atoms with van der Waals surface area (Å²) in [5.41, 5.74) is 2.40. The molecule has 0 unspecified atom stereocenters. The van der Waals surface area contributed by atoms with Gasteiger partial charge in [0.15, 0.2) is 5.82 Å². The van der Waals surface area contributed by atoms with Crippen LogP contribution >= 0.6 is 11.3 Å². The second-order valence-corrected chi connectivity index (χ2v) is 13.7. The minimum Gasteiger partial charge on any atom is -0.394 e. The highest BCUT2D eigenvalue weighted by atomic mass is 32.2. The normalized spacial score (nSPS) is 19.5. The zero-order valence-electron chi connectivity index (χ0n) is 22.8. The number of rotatable bonds is 8. The maximum atomic E-state index is 14.0. The molecule has 1 saturated carbocycles. The standard InChI is InChI=1S/C27H34N6O5S2/c1-17(14-34)28-25(35)30-21-7-5-20(6-8-21)24-31-22(13-23(32-24)33-11-12-38-15-19(33)3)27(9-4-10-27)40(36,37)26-29-18(2)16-39-26/h5-8,13,16-17,19,34H,4,9-12,14-15H2,1-3H3,(H2,28,30,35)/t17-,19-/m0/s1. The Bertz CT molecular complexity index is 1470. The van der Waals surface area contributed by atoms with E-state index in [0.29, 0.717) is 66.9 Å². The molecule has 0 bridgehead atoms. The van der Waals surface area contributed by atoms with Gasteiger partial charge in [-0.05, 0) is 64.3 Å². The summed E-state index contributed by atoms with van der Waals surface area (Å²) in [4.78, 5) is 28.3. The Labute approximate surface area is 237 Å². The Morgan fingerprint density at radius 1 is 1.25 bits per heavy atom. The summed E-state index contributed by atoms with van der Waals surface area (Å²) in [6.45, 7) is 7.11. The number of aliphatic hydroxyl groups excluding tert-OH is 1. The van der Waals surface area contributed by atoms with Gasteiger partial charge in [-0.2, -0.15) is 0 Å². The molecule has 2 amide bonds. The summed E-state index contributed by atoms with van der Waals surface area (Å²) in [6, 6.07) is 8.15. The fourth-order valence-electron chi connectivity index (χ4n) is 4.93. The molecule has 1 aliphatic carbocycles. The Morgan fingerprint density at radius 2 is 2.00 bits per heavy atom. The van der Waals surface area contributed by atoms with Crippen LogP contribution < -0.4 is 15.5 Å². The van der Waals surface area contributed by atoms with Crippen molar-refractivity contribution in [1.82, 2.24) is 20.3 Å². The smallest absolute Gasteiger partial charge is 0.319 e. The molecule has 40 heavy (non-hydrogen) atoms. The van der Waals surface area contributed by atoms with E-state index in [9.17, 15) is 13.2 Å². The molecule has 2 fully saturated rings. The fourth-order valence-corrected chi connectivity index (χ4v) is 8.39. The summed E-state index contributed by atoms with van der Waals surface area (Å²) in [6.07, 6.45) is 1.71. The second kappa shape index (κ2) is 11.4. The molecule has 2 atom stereocenters. The summed E-state index contributed by atoms with van der Waals surface area (Å²) < 4.78 is 32.6. The van der Waals surface area contributed by atoms with Crippen LogP contribution in [-0.4, -0.2) is 73.0 Å². The number of aliphatic hydroxyl groups is 1. The van der Waals surface area contributed by atoms with Gasteiger partial charge in [0.2, 0.25) is 14.2 Å². The van der Waals surface area contributed by atoms with E-state index >= 15 is 0 Å². The van der Waals surface area contributed by atoms with Gasteiger partial charge in [-0.15, -0.1) is 11.3 Å². The van der Waals surface area contributed by atoms with E-state index in [1.165, 1.54) is 0 Å². The Kier molecular flexibility index (Phi) is 8.09. The van der Waals surface area contributed by atoms with Crippen LogP contribution in [0.4, 0.5) is 16.3 Å². The van der Waals surface area contributed by atoms with E-state index < -0.39 is 20.6 Å². The highest BCUT2D eigenvalue weighted by Crippen LogP contribution is 2.51. The van der Waals surface area contributed by atoms with Crippen LogP contribution in [0, 0.1) is 6.92 Å². The predicted molar refractivity (Wildman–Crippen MR) is 153 cm³/mol. The zero-order chi connectivity index (χ0) is 28.5. The van der Waals surface area contributed by atoms with Crippen LogP contribution in [-0.2, 0) is 19.3 Å². The van der Waals surface area contributed by atoms with E-state index in [4.69, 9.17) is 19.8 Å². The van der Waals surface area contributed by atoms with E-state index in [1.807, 2.05) is 6.07 Å². The zero-order valence-corrected chi connectivity index (χ0v) is 24.4. The number of morpholine rings is 1. The number of aromatic nitrogens is 3. The van der Waals surface area contributed by atoms with Gasteiger partial charge < -0.3 is 25.4 Å². The maximum Gasteiger partial charge on any atom is 0.319 e. The molecule has 214 valence electrons. The first-order valence-corrected chi connectivity index (χ1v) is 15.7. The number of hydrogen-bond donors (Lipinski definition) is 3. The average Bonchev–Trinajstić information content (AvgIpc) is 3.35. The average molecular weight is 587 g/mol. The first kappa shape index (κ1) is 28.4. The van der Waals surface area contributed by atoms with Crippen molar-refractivity contribution in [1.29, 1.82) is 0 Å². The molecule has 2 aliphatic rings. The molecule has 1 aliphatic heterocycles. The molecule has 3 aromatic rings. The SMILES string of the molecule is Cc1csc(S(=O)(=O)C2(c3cc(N4CCOC[C@@H]4C)nc(-c4ccc(NC(=O)N[C@@H](C)CO)cc4)n3)CCC2)n1. The second-order valence-electron chi connectivity index (χ2n) is 10.4. The van der Waals surface area contributed by atoms with Crippen molar-refractivity contribution in [3.63, 3.8) is 0 Å². The van der Waals surface area contributed by atoms with Crippen LogP contribution in [0.3, 0.4) is 0 Å². The number of aryl methyl sites for hydroxylation is 1. The van der Waals surface area contributed by atoms with Crippen molar-refractivity contribution >= 4 is 38.7 Å². The first-order valence-electron chi connectivity index (χ1n) is 13.3. The topological polar surface area (TPSA) is 147 Å². The number of carbonyl (C=O) groups excluding carboxylic acids is 1. The lowest BCUT2D eigenvalue weighted by Crippen LogP contribution is -2.46. The third kappa shape index (κ3) is 5.42. The lowest BCUT2D eigenvalue weighted by atomic mass is 9.81. The number of nitrogens with zero attached hydrogens (tertiary/aromatic N) is 4. The minimum atomic E-state index is -3.79. The number of nitrogens with one attached hydrogen (secondary N) is 2. The van der Waals surface area contributed by atoms with Crippen LogP contribution in [0.5, 0.6) is 0 Å². The molecule has 0 radical (unpaired) electrons. The summed E-state index contributed by atoms with van der Waals surface area (Å²) >= 11 is 1.15. The lowest BCUT2D eigenvalue weighted by molar-refractivity contribution is 0.0985. The van der Waals surface area contributed by atoms with Gasteiger partial charge in [0, 0.05) is 34.9 Å². The van der Waals surface area contributed by atoms with Crippen molar-refractivity contribution in [3.05, 3.63) is 47.1 Å². The number of carbonyl (C=O) groups is 1. The van der Waals surface area contributed by atoms with Gasteiger partial charge >= 0.3 is 6.03 Å². The van der Waals surface area contributed by atoms with Gasteiger partial charge in [-0.25, -0.2) is 28.2 Å². The third-order valence-corrected chi connectivity index (χ3v) is 11.3. The molecule has 1 aromatic carbocycles. The number of hydrogen-bond acceptors (Lipinski definition) is 10. The van der Waals surface area contributed by atoms with E-state index in [1.54, 1.807) is 43.5 Å². The van der Waals surface area contributed by atoms with E-state index in [2.05, 4.69) is 27.4 Å². The summed E-state index contributed by atoms with van der Waals surface area (Å²) in [7, 11) is -3.79. The highest BCUT2D eigenvalue weighted by molar-refractivity contribution is 7.94. The van der Waals surface area contributed by atoms with E-state index in [0.717, 1.165) is 17.8 Å². The molecular formula is C27H34N6O5S2. The minimum absolute atomic E-state index is 0.0614. The van der Waals surface area contributed by atoms with Gasteiger partial charge in [0.05, 0.1) is 37.6 Å². The van der Waals surface area contributed by atoms with Crippen molar-refractivity contribution < 1.29 is 23.1 Å². The Morgan fingerprint density at radius 3 is 2.60 bits per heavy atom. The first-order chi connectivity index (χ1) is 19.1. The van der Waals surface area contributed by atoms with Gasteiger partial charge in [-0.1, -0.05) is 0 Å². The summed E-state index contributed by atoms with van der Waals surface area (Å²) in [5.74, 6) is 1.07. The maximum absolute atomic E-state index is 14.0. The lowest BCUT2D eigenvalue weighted by Gasteiger charge is -2.41. The van der Waals surface area contributed by atoms with Crippen LogP contribution in [0.25, 0.3) is 11.4 Å². The van der Waals surface area contributed by atoms with E-state index in [-0.39, 0.29) is 23.0 Å². The third-order valence-electron chi connectivity index (χ3n) is 7.40. The molecule has 0 spiro atoms. The fraction of sp³-hybridized carbons (Fsp3) is 0.481. The molecule has 13 heteroatoms. The van der Waals surface area contributed by atoms with Gasteiger partial charge in [-0.3, -0.25) is 0 Å². The number of thiazole rings is 1. The van der Waals surface area contributed by atoms with Crippen molar-refractivity contribution in [3.8, 4) is 11.4 Å². The Balaban J connectivity index is 1.54. The monoisotopic (exact) mass is 586 g/mol. The summed E-state index contributed by atoms with van der Waals surface area (Å²) in [5, 5.41) is 16.3. The predicted octanol–water partition coefficient (Wildman–Crippen LogP) is 3.49.